The summed E-state index contributed by atoms with van der Waals surface area (Å²) in [5, 5.41) is 5.49. The molecule has 1 aromatic rings. The molecule has 0 aliphatic heterocycles. The molecule has 0 saturated carbocycles. The highest BCUT2D eigenvalue weighted by molar-refractivity contribution is 5.89. The van der Waals surface area contributed by atoms with Crippen molar-refractivity contribution >= 4 is 18.4 Å². The van der Waals surface area contributed by atoms with Gasteiger partial charge in [0, 0.05) is 5.69 Å². The van der Waals surface area contributed by atoms with Crippen molar-refractivity contribution < 1.29 is 4.79 Å². The molecule has 0 spiro atoms. The van der Waals surface area contributed by atoms with Crippen LogP contribution in [0.15, 0.2) is 35.4 Å². The maximum absolute atomic E-state index is 10.8. The fourth-order valence-electron chi connectivity index (χ4n) is 0.739. The van der Waals surface area contributed by atoms with Crippen molar-refractivity contribution in [3.63, 3.8) is 0 Å². The quantitative estimate of drug-likeness (QED) is 0.499. The van der Waals surface area contributed by atoms with Gasteiger partial charge in [0.05, 0.1) is 6.72 Å². The third kappa shape index (κ3) is 2.42. The summed E-state index contributed by atoms with van der Waals surface area (Å²) in [4.78, 5) is 10.8. The molecule has 1 rings (SSSR count). The average Bonchev–Trinajstić information content (AvgIpc) is 2.06. The van der Waals surface area contributed by atoms with Gasteiger partial charge in [-0.2, -0.15) is 5.10 Å². The first kappa shape index (κ1) is 8.26. The molecule has 0 unspecified atom stereocenters. The van der Waals surface area contributed by atoms with E-state index in [0.29, 0.717) is 5.69 Å². The molecule has 0 atom stereocenters. The summed E-state index contributed by atoms with van der Waals surface area (Å²) < 4.78 is 0. The van der Waals surface area contributed by atoms with Gasteiger partial charge < -0.3 is 5.32 Å². The molecular weight excluding hydrogens is 154 g/mol. The second-order valence-electron chi connectivity index (χ2n) is 2.06. The molecule has 2 N–H and O–H groups in total. The van der Waals surface area contributed by atoms with E-state index in [2.05, 4.69) is 10.4 Å². The minimum atomic E-state index is -0.455. The first-order chi connectivity index (χ1) is 5.83. The summed E-state index contributed by atoms with van der Waals surface area (Å²) in [7, 11) is 0. The number of para-hydroxylation sites is 1. The summed E-state index contributed by atoms with van der Waals surface area (Å²) in [5.74, 6) is 0. The van der Waals surface area contributed by atoms with Gasteiger partial charge in [-0.25, -0.2) is 10.2 Å². The predicted molar refractivity (Wildman–Crippen MR) is 47.1 cm³/mol. The van der Waals surface area contributed by atoms with Crippen LogP contribution in [0.5, 0.6) is 0 Å². The molecular formula is C8H8N3O. The molecule has 0 aliphatic rings. The fourth-order valence-corrected chi connectivity index (χ4v) is 0.739. The van der Waals surface area contributed by atoms with Crippen LogP contribution in [0.2, 0.25) is 0 Å². The highest BCUT2D eigenvalue weighted by atomic mass is 16.2. The number of benzene rings is 1. The molecule has 4 nitrogen and oxygen atoms in total. The van der Waals surface area contributed by atoms with E-state index < -0.39 is 6.03 Å². The average molecular weight is 162 g/mol. The van der Waals surface area contributed by atoms with E-state index in [4.69, 9.17) is 6.72 Å². The largest absolute Gasteiger partial charge is 0.339 e. The van der Waals surface area contributed by atoms with E-state index in [0.717, 1.165) is 0 Å². The van der Waals surface area contributed by atoms with Crippen LogP contribution in [-0.2, 0) is 0 Å². The van der Waals surface area contributed by atoms with Crippen LogP contribution in [0, 0.1) is 0 Å². The molecule has 0 heterocycles. The molecule has 0 aliphatic carbocycles. The zero-order valence-corrected chi connectivity index (χ0v) is 6.32. The Bertz CT molecular complexity index is 271. The zero-order valence-electron chi connectivity index (χ0n) is 6.32. The van der Waals surface area contributed by atoms with Crippen molar-refractivity contribution in [2.45, 2.75) is 0 Å². The number of hydrazone groups is 1. The first-order valence-corrected chi connectivity index (χ1v) is 3.35. The Morgan fingerprint density at radius 2 is 2.00 bits per heavy atom. The van der Waals surface area contributed by atoms with Crippen LogP contribution >= 0.6 is 0 Å². The second kappa shape index (κ2) is 4.12. The molecule has 1 aromatic carbocycles. The number of urea groups is 1. The third-order valence-corrected chi connectivity index (χ3v) is 1.20. The smallest absolute Gasteiger partial charge is 0.307 e. The number of rotatable bonds is 2. The van der Waals surface area contributed by atoms with E-state index in [9.17, 15) is 4.79 Å². The van der Waals surface area contributed by atoms with Gasteiger partial charge in [-0.05, 0) is 12.1 Å². The highest BCUT2D eigenvalue weighted by Gasteiger charge is 1.96. The predicted octanol–water partition coefficient (Wildman–Crippen LogP) is 1.30. The molecule has 0 fully saturated rings. The Kier molecular flexibility index (Phi) is 2.84. The lowest BCUT2D eigenvalue weighted by Gasteiger charge is -2.01. The molecule has 12 heavy (non-hydrogen) atoms. The normalized spacial score (nSPS) is 8.67. The standard InChI is InChI=1S/C8H8N3O/c1-9-11-8(12)10-7-5-3-2-4-6-7/h1-6H,(H2,10,11,12). The summed E-state index contributed by atoms with van der Waals surface area (Å²) in [5.41, 5.74) is 2.74. The monoisotopic (exact) mass is 162 g/mol. The van der Waals surface area contributed by atoms with Gasteiger partial charge in [-0.15, -0.1) is 0 Å². The van der Waals surface area contributed by atoms with Gasteiger partial charge in [0.1, 0.15) is 0 Å². The Balaban J connectivity index is 2.52. The Labute approximate surface area is 70.3 Å². The van der Waals surface area contributed by atoms with Gasteiger partial charge >= 0.3 is 6.03 Å². The number of carbonyl (C=O) groups is 1. The number of hydrogen-bond donors (Lipinski definition) is 2. The van der Waals surface area contributed by atoms with Crippen molar-refractivity contribution in [1.29, 1.82) is 0 Å². The summed E-state index contributed by atoms with van der Waals surface area (Å²) in [6.07, 6.45) is 0. The topological polar surface area (TPSA) is 53.5 Å². The van der Waals surface area contributed by atoms with Crippen molar-refractivity contribution in [2.75, 3.05) is 5.32 Å². The van der Waals surface area contributed by atoms with Crippen LogP contribution in [0.4, 0.5) is 10.5 Å². The molecule has 1 radical (unpaired) electrons. The highest BCUT2D eigenvalue weighted by Crippen LogP contribution is 2.03. The second-order valence-corrected chi connectivity index (χ2v) is 2.06. The molecule has 0 aromatic heterocycles. The maximum Gasteiger partial charge on any atom is 0.339 e. The van der Waals surface area contributed by atoms with Crippen molar-refractivity contribution in [3.05, 3.63) is 30.3 Å². The lowest BCUT2D eigenvalue weighted by Crippen LogP contribution is -2.23. The summed E-state index contributed by atoms with van der Waals surface area (Å²) >= 11 is 0. The first-order valence-electron chi connectivity index (χ1n) is 3.35. The van der Waals surface area contributed by atoms with Crippen LogP contribution in [0.3, 0.4) is 0 Å². The number of nitrogens with one attached hydrogen (secondary N) is 2. The maximum atomic E-state index is 10.8. The van der Waals surface area contributed by atoms with Crippen LogP contribution in [0.1, 0.15) is 0 Å². The summed E-state index contributed by atoms with van der Waals surface area (Å²) in [6.45, 7) is 4.74. The fraction of sp³-hybridized carbons (Fsp3) is 0. The van der Waals surface area contributed by atoms with Crippen LogP contribution in [0.25, 0.3) is 0 Å². The molecule has 2 amide bonds. The van der Waals surface area contributed by atoms with Crippen molar-refractivity contribution in [2.24, 2.45) is 5.10 Å². The lowest BCUT2D eigenvalue weighted by molar-refractivity contribution is 0.252. The molecule has 0 bridgehead atoms. The molecule has 61 valence electrons. The SMILES string of the molecule is [CH]=NNC(=O)Nc1ccccc1. The van der Waals surface area contributed by atoms with Gasteiger partial charge in [0.25, 0.3) is 0 Å². The molecule has 0 saturated heterocycles. The number of carbonyl (C=O) groups excluding carboxylic acids is 1. The number of amides is 2. The van der Waals surface area contributed by atoms with E-state index in [1.165, 1.54) is 0 Å². The minimum absolute atomic E-state index is 0.455. The van der Waals surface area contributed by atoms with Gasteiger partial charge in [0.15, 0.2) is 0 Å². The van der Waals surface area contributed by atoms with Crippen molar-refractivity contribution in [3.8, 4) is 0 Å². The third-order valence-electron chi connectivity index (χ3n) is 1.20. The minimum Gasteiger partial charge on any atom is -0.307 e. The Hall–Kier alpha value is -1.84. The number of nitrogens with zero attached hydrogens (tertiary/aromatic N) is 1. The van der Waals surface area contributed by atoms with Crippen molar-refractivity contribution in [1.82, 2.24) is 5.43 Å². The Morgan fingerprint density at radius 1 is 1.33 bits per heavy atom. The van der Waals surface area contributed by atoms with Gasteiger partial charge in [-0.1, -0.05) is 18.2 Å². The van der Waals surface area contributed by atoms with E-state index in [-0.39, 0.29) is 0 Å². The Morgan fingerprint density at radius 3 is 2.58 bits per heavy atom. The summed E-state index contributed by atoms with van der Waals surface area (Å²) in [6, 6.07) is 8.55. The van der Waals surface area contributed by atoms with E-state index in [1.54, 1.807) is 12.1 Å². The van der Waals surface area contributed by atoms with E-state index in [1.807, 2.05) is 23.6 Å². The van der Waals surface area contributed by atoms with Crippen LogP contribution in [-0.4, -0.2) is 12.7 Å². The van der Waals surface area contributed by atoms with Crippen LogP contribution < -0.4 is 10.7 Å². The zero-order chi connectivity index (χ0) is 8.81. The van der Waals surface area contributed by atoms with Gasteiger partial charge in [-0.3, -0.25) is 0 Å². The van der Waals surface area contributed by atoms with E-state index >= 15 is 0 Å². The van der Waals surface area contributed by atoms with Gasteiger partial charge in [0.2, 0.25) is 0 Å². The molecule has 4 heteroatoms. The lowest BCUT2D eigenvalue weighted by atomic mass is 10.3. The number of anilines is 1. The number of hydrogen-bond acceptors (Lipinski definition) is 2.